The fourth-order valence-corrected chi connectivity index (χ4v) is 1.16. The smallest absolute Gasteiger partial charge is 0.448 e. The van der Waals surface area contributed by atoms with Gasteiger partial charge < -0.3 is 23.2 Å². The van der Waals surface area contributed by atoms with Gasteiger partial charge in [0.15, 0.2) is 0 Å². The van der Waals surface area contributed by atoms with Crippen molar-refractivity contribution in [2.45, 2.75) is 18.9 Å². The topological polar surface area (TPSA) is 32.3 Å². The third-order valence-electron chi connectivity index (χ3n) is 1.87. The number of carbonyl (C=O) groups excluding carboxylic acids is 1. The van der Waals surface area contributed by atoms with E-state index in [4.69, 9.17) is 0 Å². The van der Waals surface area contributed by atoms with Gasteiger partial charge in [0.2, 0.25) is 5.91 Å². The van der Waals surface area contributed by atoms with E-state index in [2.05, 4.69) is 5.32 Å². The van der Waals surface area contributed by atoms with E-state index in [0.29, 0.717) is 0 Å². The van der Waals surface area contributed by atoms with Crippen LogP contribution in [0, 0.1) is 0 Å². The van der Waals surface area contributed by atoms with Gasteiger partial charge in [0.05, 0.1) is 6.54 Å². The van der Waals surface area contributed by atoms with E-state index >= 15 is 0 Å². The van der Waals surface area contributed by atoms with Crippen molar-refractivity contribution in [2.75, 3.05) is 20.0 Å². The zero-order chi connectivity index (χ0) is 10.8. The number of nitrogens with zero attached hydrogens (tertiary/aromatic N) is 1. The minimum Gasteiger partial charge on any atom is -0.448 e. The largest absolute Gasteiger partial charge is 1.00 e. The minimum atomic E-state index is -4.84. The first-order valence-corrected chi connectivity index (χ1v) is 4.56. The molecule has 15 heavy (non-hydrogen) atoms. The fraction of sp³-hybridized carbons (Fsp3) is 0.857. The summed E-state index contributed by atoms with van der Waals surface area (Å²) in [4.78, 5) is 12.1. The van der Waals surface area contributed by atoms with E-state index in [0.717, 1.165) is 17.7 Å². The molecular weight excluding hydrogens is 235 g/mol. The molecule has 0 bridgehead atoms. The van der Waals surface area contributed by atoms with Crippen LogP contribution in [0.2, 0.25) is 0 Å². The van der Waals surface area contributed by atoms with E-state index in [1.807, 2.05) is 0 Å². The van der Waals surface area contributed by atoms with Crippen molar-refractivity contribution in [3.63, 3.8) is 0 Å². The first-order chi connectivity index (χ1) is 6.37. The van der Waals surface area contributed by atoms with Crippen molar-refractivity contribution in [2.24, 2.45) is 0 Å². The number of nitrogens with one attached hydrogen (secondary N) is 1. The van der Waals surface area contributed by atoms with Crippen LogP contribution in [0.25, 0.3) is 0 Å². The zero-order valence-corrected chi connectivity index (χ0v) is 12.1. The third-order valence-corrected chi connectivity index (χ3v) is 1.87. The first kappa shape index (κ1) is 15.9. The summed E-state index contributed by atoms with van der Waals surface area (Å²) in [5.41, 5.74) is 0. The van der Waals surface area contributed by atoms with Gasteiger partial charge in [0, 0.05) is 6.04 Å². The monoisotopic (exact) mass is 248 g/mol. The van der Waals surface area contributed by atoms with Crippen LogP contribution in [-0.2, 0) is 4.79 Å². The maximum atomic E-state index is 11.9. The van der Waals surface area contributed by atoms with Crippen LogP contribution < -0.4 is 56.7 Å². The van der Waals surface area contributed by atoms with E-state index in [9.17, 15) is 17.7 Å². The standard InChI is InChI=1S/C7H13BF3N2O.K/c1-13(5-8(9,10)11)4-7(14)12-6-2-3-6;/h6H,2-5H2,1H3,(H,12,14);/q-1;+1. The molecule has 1 N–H and O–H groups in total. The number of hydrogen-bond acceptors (Lipinski definition) is 2. The Morgan fingerprint density at radius 3 is 2.40 bits per heavy atom. The first-order valence-electron chi connectivity index (χ1n) is 4.56. The molecule has 0 saturated heterocycles. The van der Waals surface area contributed by atoms with Crippen molar-refractivity contribution >= 4 is 12.9 Å². The molecule has 1 rings (SSSR count). The quantitative estimate of drug-likeness (QED) is 0.549. The molecule has 82 valence electrons. The Morgan fingerprint density at radius 2 is 2.00 bits per heavy atom. The molecule has 8 heteroatoms. The molecule has 0 aromatic carbocycles. The zero-order valence-electron chi connectivity index (χ0n) is 8.97. The Labute approximate surface area is 130 Å². The maximum Gasteiger partial charge on any atom is 1.00 e. The number of amides is 1. The Hall–Kier alpha value is 0.921. The summed E-state index contributed by atoms with van der Waals surface area (Å²) in [6, 6.07) is 0.201. The molecule has 0 spiro atoms. The Balaban J connectivity index is 0.00000196. The second-order valence-electron chi connectivity index (χ2n) is 3.75. The van der Waals surface area contributed by atoms with Crippen LogP contribution in [0.3, 0.4) is 0 Å². The number of hydrogen-bond donors (Lipinski definition) is 1. The van der Waals surface area contributed by atoms with Crippen molar-refractivity contribution < 1.29 is 69.1 Å². The summed E-state index contributed by atoms with van der Waals surface area (Å²) >= 11 is 0. The van der Waals surface area contributed by atoms with E-state index in [1.165, 1.54) is 7.05 Å². The van der Waals surface area contributed by atoms with E-state index in [1.54, 1.807) is 0 Å². The van der Waals surface area contributed by atoms with Gasteiger partial charge in [-0.3, -0.25) is 4.79 Å². The van der Waals surface area contributed by atoms with Gasteiger partial charge in [0.1, 0.15) is 0 Å². The third kappa shape index (κ3) is 8.70. The average molecular weight is 248 g/mol. The molecule has 0 aromatic heterocycles. The molecule has 3 nitrogen and oxygen atoms in total. The molecule has 0 aliphatic heterocycles. The number of rotatable bonds is 5. The van der Waals surface area contributed by atoms with E-state index in [-0.39, 0.29) is 69.9 Å². The van der Waals surface area contributed by atoms with Gasteiger partial charge in [-0.05, 0) is 26.3 Å². The molecule has 0 heterocycles. The maximum absolute atomic E-state index is 11.9. The normalized spacial score (nSPS) is 16.1. The fourth-order valence-electron chi connectivity index (χ4n) is 1.16. The summed E-state index contributed by atoms with van der Waals surface area (Å²) < 4.78 is 35.8. The molecule has 0 atom stereocenters. The Morgan fingerprint density at radius 1 is 1.47 bits per heavy atom. The van der Waals surface area contributed by atoms with E-state index < -0.39 is 13.4 Å². The van der Waals surface area contributed by atoms with Crippen molar-refractivity contribution in [1.82, 2.24) is 10.2 Å². The molecule has 1 fully saturated rings. The van der Waals surface area contributed by atoms with Gasteiger partial charge in [-0.2, -0.15) is 0 Å². The summed E-state index contributed by atoms with van der Waals surface area (Å²) in [6.45, 7) is -5.02. The predicted octanol–water partition coefficient (Wildman–Crippen LogP) is -2.41. The SMILES string of the molecule is CN(CC(=O)NC1CC1)C[B-](F)(F)F.[K+]. The average Bonchev–Trinajstić information content (AvgIpc) is 2.64. The van der Waals surface area contributed by atoms with Gasteiger partial charge >= 0.3 is 58.4 Å². The molecule has 1 aliphatic carbocycles. The van der Waals surface area contributed by atoms with Crippen LogP contribution in [0.5, 0.6) is 0 Å². The minimum absolute atomic E-state index is 0. The molecule has 1 saturated carbocycles. The molecule has 0 radical (unpaired) electrons. The number of carbonyl (C=O) groups is 1. The van der Waals surface area contributed by atoms with Crippen LogP contribution in [-0.4, -0.2) is 43.9 Å². The molecule has 1 aliphatic rings. The van der Waals surface area contributed by atoms with Crippen LogP contribution >= 0.6 is 0 Å². The van der Waals surface area contributed by atoms with Gasteiger partial charge in [-0.25, -0.2) is 0 Å². The predicted molar refractivity (Wildman–Crippen MR) is 47.7 cm³/mol. The summed E-state index contributed by atoms with van der Waals surface area (Å²) in [5.74, 6) is -0.324. The van der Waals surface area contributed by atoms with Crippen molar-refractivity contribution in [3.05, 3.63) is 0 Å². The second kappa shape index (κ2) is 6.61. The van der Waals surface area contributed by atoms with Gasteiger partial charge in [-0.1, -0.05) is 0 Å². The molecular formula is C7H13BF3KN2O. The van der Waals surface area contributed by atoms with Gasteiger partial charge in [-0.15, -0.1) is 0 Å². The van der Waals surface area contributed by atoms with Gasteiger partial charge in [0.25, 0.3) is 0 Å². The Kier molecular flexibility index (Phi) is 7.01. The van der Waals surface area contributed by atoms with Crippen molar-refractivity contribution in [1.29, 1.82) is 0 Å². The summed E-state index contributed by atoms with van der Waals surface area (Å²) in [5, 5.41) is 2.63. The van der Waals surface area contributed by atoms with Crippen LogP contribution in [0.4, 0.5) is 12.9 Å². The van der Waals surface area contributed by atoms with Crippen LogP contribution in [0.15, 0.2) is 0 Å². The summed E-state index contributed by atoms with van der Waals surface area (Å²) in [7, 11) is 1.29. The molecule has 1 amide bonds. The number of halogens is 3. The summed E-state index contributed by atoms with van der Waals surface area (Å²) in [6.07, 6.45) is 0.898. The van der Waals surface area contributed by atoms with Crippen molar-refractivity contribution in [3.8, 4) is 0 Å². The van der Waals surface area contributed by atoms with Crippen LogP contribution in [0.1, 0.15) is 12.8 Å². The second-order valence-corrected chi connectivity index (χ2v) is 3.75. The molecule has 0 aromatic rings. The molecule has 0 unspecified atom stereocenters. The number of likely N-dealkylation sites (N-methyl/N-ethyl adjacent to an activating group) is 1. The Bertz CT molecular complexity index is 223.